The molecule has 0 aliphatic carbocycles. The first-order valence-electron chi connectivity index (χ1n) is 5.59. The molecule has 0 heterocycles. The molecule has 0 atom stereocenters. The predicted molar refractivity (Wildman–Crippen MR) is 66.7 cm³/mol. The Kier molecular flexibility index (Phi) is 3.88. The zero-order valence-electron chi connectivity index (χ0n) is 10.1. The Labute approximate surface area is 112 Å². The van der Waals surface area contributed by atoms with E-state index in [-0.39, 0.29) is 17.9 Å². The minimum atomic E-state index is -1.56. The maximum atomic E-state index is 13.4. The SMILES string of the molecule is O=[N+]([O-])c1cccc(CNc2ccc(F)c(F)c2F)c1. The maximum Gasteiger partial charge on any atom is 0.269 e. The van der Waals surface area contributed by atoms with Crippen molar-refractivity contribution in [3.05, 3.63) is 69.5 Å². The lowest BCUT2D eigenvalue weighted by molar-refractivity contribution is -0.384. The number of non-ortho nitro benzene ring substituents is 1. The molecule has 0 bridgehead atoms. The van der Waals surface area contributed by atoms with Crippen LogP contribution in [0.3, 0.4) is 0 Å². The lowest BCUT2D eigenvalue weighted by Gasteiger charge is -2.08. The number of benzene rings is 2. The van der Waals surface area contributed by atoms with Crippen LogP contribution in [0.5, 0.6) is 0 Å². The molecule has 0 fully saturated rings. The fourth-order valence-electron chi connectivity index (χ4n) is 1.64. The zero-order chi connectivity index (χ0) is 14.7. The van der Waals surface area contributed by atoms with Crippen LogP contribution in [0, 0.1) is 27.6 Å². The number of hydrogen-bond donors (Lipinski definition) is 1. The van der Waals surface area contributed by atoms with Gasteiger partial charge in [0.05, 0.1) is 10.6 Å². The van der Waals surface area contributed by atoms with Crippen LogP contribution in [-0.4, -0.2) is 4.92 Å². The van der Waals surface area contributed by atoms with E-state index in [0.717, 1.165) is 12.1 Å². The Balaban J connectivity index is 2.15. The molecule has 104 valence electrons. The number of nitrogens with one attached hydrogen (secondary N) is 1. The summed E-state index contributed by atoms with van der Waals surface area (Å²) >= 11 is 0. The average Bonchev–Trinajstić information content (AvgIpc) is 2.44. The summed E-state index contributed by atoms with van der Waals surface area (Å²) in [5.74, 6) is -4.16. The number of halogens is 3. The van der Waals surface area contributed by atoms with Crippen molar-refractivity contribution in [2.24, 2.45) is 0 Å². The van der Waals surface area contributed by atoms with Crippen LogP contribution < -0.4 is 5.32 Å². The smallest absolute Gasteiger partial charge is 0.269 e. The van der Waals surface area contributed by atoms with Crippen LogP contribution in [0.1, 0.15) is 5.56 Å². The number of hydrogen-bond acceptors (Lipinski definition) is 3. The van der Waals surface area contributed by atoms with Gasteiger partial charge in [-0.1, -0.05) is 12.1 Å². The van der Waals surface area contributed by atoms with Crippen molar-refractivity contribution in [1.29, 1.82) is 0 Å². The summed E-state index contributed by atoms with van der Waals surface area (Å²) in [5, 5.41) is 13.2. The molecule has 0 aliphatic heterocycles. The molecular formula is C13H9F3N2O2. The van der Waals surface area contributed by atoms with E-state index in [2.05, 4.69) is 5.32 Å². The summed E-state index contributed by atoms with van der Waals surface area (Å²) in [6, 6.07) is 7.57. The van der Waals surface area contributed by atoms with Gasteiger partial charge in [0, 0.05) is 18.7 Å². The van der Waals surface area contributed by atoms with Gasteiger partial charge in [0.1, 0.15) is 0 Å². The van der Waals surface area contributed by atoms with Gasteiger partial charge in [0.15, 0.2) is 17.5 Å². The van der Waals surface area contributed by atoms with Crippen molar-refractivity contribution in [3.8, 4) is 0 Å². The van der Waals surface area contributed by atoms with Crippen LogP contribution in [0.2, 0.25) is 0 Å². The van der Waals surface area contributed by atoms with Crippen LogP contribution >= 0.6 is 0 Å². The molecule has 0 radical (unpaired) electrons. The van der Waals surface area contributed by atoms with Crippen LogP contribution in [0.15, 0.2) is 36.4 Å². The lowest BCUT2D eigenvalue weighted by atomic mass is 10.2. The molecule has 0 amide bonds. The molecule has 2 rings (SSSR count). The third-order valence-corrected chi connectivity index (χ3v) is 2.64. The van der Waals surface area contributed by atoms with Crippen molar-refractivity contribution in [3.63, 3.8) is 0 Å². The molecule has 20 heavy (non-hydrogen) atoms. The number of rotatable bonds is 4. The monoisotopic (exact) mass is 282 g/mol. The van der Waals surface area contributed by atoms with E-state index in [9.17, 15) is 23.3 Å². The molecule has 0 spiro atoms. The van der Waals surface area contributed by atoms with E-state index in [1.54, 1.807) is 6.07 Å². The number of anilines is 1. The summed E-state index contributed by atoms with van der Waals surface area (Å²) in [6.07, 6.45) is 0. The highest BCUT2D eigenvalue weighted by molar-refractivity contribution is 5.46. The van der Waals surface area contributed by atoms with Gasteiger partial charge in [-0.2, -0.15) is 0 Å². The summed E-state index contributed by atoms with van der Waals surface area (Å²) in [7, 11) is 0. The number of nitro benzene ring substituents is 1. The van der Waals surface area contributed by atoms with Crippen molar-refractivity contribution in [2.75, 3.05) is 5.32 Å². The third kappa shape index (κ3) is 2.87. The van der Waals surface area contributed by atoms with E-state index in [1.807, 2.05) is 0 Å². The molecule has 1 N–H and O–H groups in total. The lowest BCUT2D eigenvalue weighted by Crippen LogP contribution is -2.04. The molecule has 4 nitrogen and oxygen atoms in total. The van der Waals surface area contributed by atoms with Crippen molar-refractivity contribution in [1.82, 2.24) is 0 Å². The van der Waals surface area contributed by atoms with E-state index in [0.29, 0.717) is 5.56 Å². The average molecular weight is 282 g/mol. The van der Waals surface area contributed by atoms with Crippen LogP contribution in [0.25, 0.3) is 0 Å². The summed E-state index contributed by atoms with van der Waals surface area (Å²) in [5.41, 5.74) is 0.203. The first-order chi connectivity index (χ1) is 9.49. The molecule has 2 aromatic carbocycles. The summed E-state index contributed by atoms with van der Waals surface area (Å²) in [4.78, 5) is 10.0. The number of nitro groups is 1. The largest absolute Gasteiger partial charge is 0.379 e. The van der Waals surface area contributed by atoms with Gasteiger partial charge in [-0.25, -0.2) is 13.2 Å². The Morgan fingerprint density at radius 2 is 1.85 bits per heavy atom. The van der Waals surface area contributed by atoms with Crippen molar-refractivity contribution < 1.29 is 18.1 Å². The van der Waals surface area contributed by atoms with Gasteiger partial charge >= 0.3 is 0 Å². The quantitative estimate of drug-likeness (QED) is 0.529. The van der Waals surface area contributed by atoms with Gasteiger partial charge < -0.3 is 5.32 Å². The second-order valence-electron chi connectivity index (χ2n) is 4.00. The highest BCUT2D eigenvalue weighted by Crippen LogP contribution is 2.21. The normalized spacial score (nSPS) is 10.3. The highest BCUT2D eigenvalue weighted by Gasteiger charge is 2.13. The van der Waals surface area contributed by atoms with Crippen LogP contribution in [0.4, 0.5) is 24.5 Å². The maximum absolute atomic E-state index is 13.4. The van der Waals surface area contributed by atoms with Gasteiger partial charge in [0.2, 0.25) is 0 Å². The fraction of sp³-hybridized carbons (Fsp3) is 0.0769. The molecule has 0 saturated carbocycles. The van der Waals surface area contributed by atoms with E-state index in [1.165, 1.54) is 18.2 Å². The van der Waals surface area contributed by atoms with Crippen molar-refractivity contribution >= 4 is 11.4 Å². The van der Waals surface area contributed by atoms with E-state index in [4.69, 9.17) is 0 Å². The second kappa shape index (κ2) is 5.60. The topological polar surface area (TPSA) is 55.2 Å². The molecule has 0 saturated heterocycles. The van der Waals surface area contributed by atoms with Gasteiger partial charge in [0.25, 0.3) is 5.69 Å². The minimum absolute atomic E-state index is 0.0453. The fourth-order valence-corrected chi connectivity index (χ4v) is 1.64. The zero-order valence-corrected chi connectivity index (χ0v) is 10.1. The Morgan fingerprint density at radius 1 is 1.10 bits per heavy atom. The molecular weight excluding hydrogens is 273 g/mol. The molecule has 0 aliphatic rings. The van der Waals surface area contributed by atoms with Gasteiger partial charge in [-0.3, -0.25) is 10.1 Å². The Bertz CT molecular complexity index is 662. The number of nitrogens with zero attached hydrogens (tertiary/aromatic N) is 1. The first kappa shape index (κ1) is 13.9. The molecule has 0 unspecified atom stereocenters. The first-order valence-corrected chi connectivity index (χ1v) is 5.59. The Morgan fingerprint density at radius 3 is 2.55 bits per heavy atom. The Hall–Kier alpha value is -2.57. The second-order valence-corrected chi connectivity index (χ2v) is 4.00. The molecule has 2 aromatic rings. The van der Waals surface area contributed by atoms with Gasteiger partial charge in [-0.05, 0) is 17.7 Å². The standard InChI is InChI=1S/C13H9F3N2O2/c14-10-4-5-11(13(16)12(10)15)17-7-8-2-1-3-9(6-8)18(19)20/h1-6,17H,7H2. The minimum Gasteiger partial charge on any atom is -0.379 e. The van der Waals surface area contributed by atoms with E-state index < -0.39 is 22.4 Å². The van der Waals surface area contributed by atoms with E-state index >= 15 is 0 Å². The van der Waals surface area contributed by atoms with Gasteiger partial charge in [-0.15, -0.1) is 0 Å². The summed E-state index contributed by atoms with van der Waals surface area (Å²) < 4.78 is 39.1. The van der Waals surface area contributed by atoms with Crippen molar-refractivity contribution in [2.45, 2.75) is 6.54 Å². The molecule has 7 heteroatoms. The van der Waals surface area contributed by atoms with Crippen LogP contribution in [-0.2, 0) is 6.54 Å². The molecule has 0 aromatic heterocycles. The third-order valence-electron chi connectivity index (χ3n) is 2.64. The summed E-state index contributed by atoms with van der Waals surface area (Å²) in [6.45, 7) is 0.0453. The highest BCUT2D eigenvalue weighted by atomic mass is 19.2. The predicted octanol–water partition coefficient (Wildman–Crippen LogP) is 3.62.